The van der Waals surface area contributed by atoms with Gasteiger partial charge < -0.3 is 10.6 Å². The van der Waals surface area contributed by atoms with Crippen molar-refractivity contribution in [2.45, 2.75) is 19.8 Å². The normalized spacial score (nSPS) is 10.2. The number of nitrogens with one attached hydrogen (secondary N) is 2. The molecule has 2 N–H and O–H groups in total. The molecule has 1 aromatic carbocycles. The Morgan fingerprint density at radius 3 is 2.81 bits per heavy atom. The molecule has 0 radical (unpaired) electrons. The molecule has 1 heterocycles. The monoisotopic (exact) mass is 287 g/mol. The molecule has 4 nitrogen and oxygen atoms in total. The van der Waals surface area contributed by atoms with Crippen molar-refractivity contribution < 1.29 is 9.18 Å². The van der Waals surface area contributed by atoms with Gasteiger partial charge in [-0.1, -0.05) is 31.5 Å². The number of carbonyl (C=O) groups excluding carboxylic acids is 1. The number of amides is 1. The third kappa shape index (κ3) is 3.56. The van der Waals surface area contributed by atoms with Crippen LogP contribution in [0.15, 0.2) is 36.5 Å². The van der Waals surface area contributed by atoms with E-state index in [-0.39, 0.29) is 11.5 Å². The quantitative estimate of drug-likeness (QED) is 0.885. The molecule has 0 fully saturated rings. The summed E-state index contributed by atoms with van der Waals surface area (Å²) in [7, 11) is 1.64. The molecule has 0 bridgehead atoms. The first kappa shape index (κ1) is 15.0. The van der Waals surface area contributed by atoms with E-state index in [9.17, 15) is 9.18 Å². The van der Waals surface area contributed by atoms with Gasteiger partial charge >= 0.3 is 0 Å². The first-order chi connectivity index (χ1) is 10.2. The molecule has 21 heavy (non-hydrogen) atoms. The van der Waals surface area contributed by atoms with E-state index in [1.807, 2.05) is 24.3 Å². The van der Waals surface area contributed by atoms with E-state index in [0.717, 1.165) is 30.3 Å². The first-order valence-electron chi connectivity index (χ1n) is 6.88. The summed E-state index contributed by atoms with van der Waals surface area (Å²) in [6.07, 6.45) is 2.93. The smallest absolute Gasteiger partial charge is 0.259 e. The zero-order valence-electron chi connectivity index (χ0n) is 12.1. The molecular weight excluding hydrogens is 269 g/mol. The predicted molar refractivity (Wildman–Crippen MR) is 82.1 cm³/mol. The number of hydrogen-bond donors (Lipinski definition) is 2. The highest BCUT2D eigenvalue weighted by Gasteiger charge is 2.14. The maximum absolute atomic E-state index is 13.3. The topological polar surface area (TPSA) is 54.0 Å². The number of nitrogens with zero attached hydrogens (tertiary/aromatic N) is 1. The van der Waals surface area contributed by atoms with E-state index >= 15 is 0 Å². The summed E-state index contributed by atoms with van der Waals surface area (Å²) in [6.45, 7) is 2.08. The summed E-state index contributed by atoms with van der Waals surface area (Å²) in [6, 6.07) is 8.79. The average Bonchev–Trinajstić information content (AvgIpc) is 2.49. The number of halogens is 1. The highest BCUT2D eigenvalue weighted by molar-refractivity contribution is 6.07. The molecule has 0 saturated heterocycles. The lowest BCUT2D eigenvalue weighted by atomic mass is 10.1. The average molecular weight is 287 g/mol. The number of rotatable bonds is 5. The summed E-state index contributed by atoms with van der Waals surface area (Å²) in [4.78, 5) is 16.2. The predicted octanol–water partition coefficient (Wildman–Crippen LogP) is 3.47. The van der Waals surface area contributed by atoms with Gasteiger partial charge in [0.1, 0.15) is 11.6 Å². The Morgan fingerprint density at radius 1 is 1.33 bits per heavy atom. The van der Waals surface area contributed by atoms with E-state index in [2.05, 4.69) is 22.5 Å². The number of aryl methyl sites for hydroxylation is 1. The van der Waals surface area contributed by atoms with Crippen molar-refractivity contribution in [2.24, 2.45) is 0 Å². The standard InChI is InChI=1S/C16H18FN3O/c1-3-6-11-7-4-5-8-14(11)20-16(21)13-9-12(17)10-19-15(13)18-2/h4-5,7-10H,3,6H2,1-2H3,(H,18,19)(H,20,21). The van der Waals surface area contributed by atoms with Gasteiger partial charge in [-0.05, 0) is 24.1 Å². The fourth-order valence-electron chi connectivity index (χ4n) is 2.13. The Kier molecular flexibility index (Phi) is 4.87. The Labute approximate surface area is 123 Å². The highest BCUT2D eigenvalue weighted by atomic mass is 19.1. The Hall–Kier alpha value is -2.43. The third-order valence-electron chi connectivity index (χ3n) is 3.12. The second-order valence-electron chi connectivity index (χ2n) is 4.66. The van der Waals surface area contributed by atoms with Crippen LogP contribution in [0.1, 0.15) is 29.3 Å². The lowest BCUT2D eigenvalue weighted by Gasteiger charge is -2.12. The van der Waals surface area contributed by atoms with Gasteiger partial charge in [-0.3, -0.25) is 4.79 Å². The molecule has 1 aromatic heterocycles. The summed E-state index contributed by atoms with van der Waals surface area (Å²) >= 11 is 0. The largest absolute Gasteiger partial charge is 0.372 e. The Bertz CT molecular complexity index is 643. The van der Waals surface area contributed by atoms with Crippen molar-refractivity contribution in [1.82, 2.24) is 4.98 Å². The van der Waals surface area contributed by atoms with Crippen LogP contribution in [0, 0.1) is 5.82 Å². The van der Waals surface area contributed by atoms with E-state index in [0.29, 0.717) is 5.82 Å². The number of anilines is 2. The number of para-hydroxylation sites is 1. The molecule has 2 rings (SSSR count). The molecule has 5 heteroatoms. The molecule has 1 amide bonds. The number of aromatic nitrogens is 1. The zero-order valence-corrected chi connectivity index (χ0v) is 12.1. The fourth-order valence-corrected chi connectivity index (χ4v) is 2.13. The van der Waals surface area contributed by atoms with Crippen LogP contribution in [0.25, 0.3) is 0 Å². The SMILES string of the molecule is CCCc1ccccc1NC(=O)c1cc(F)cnc1NC. The van der Waals surface area contributed by atoms with Gasteiger partial charge in [0.05, 0.1) is 11.8 Å². The zero-order chi connectivity index (χ0) is 15.2. The minimum atomic E-state index is -0.541. The van der Waals surface area contributed by atoms with Crippen molar-refractivity contribution in [1.29, 1.82) is 0 Å². The van der Waals surface area contributed by atoms with Gasteiger partial charge in [0.15, 0.2) is 0 Å². The van der Waals surface area contributed by atoms with E-state index in [1.165, 1.54) is 6.07 Å². The molecule has 2 aromatic rings. The molecule has 0 spiro atoms. The van der Waals surface area contributed by atoms with Crippen LogP contribution in [0.5, 0.6) is 0 Å². The second kappa shape index (κ2) is 6.83. The third-order valence-corrected chi connectivity index (χ3v) is 3.12. The van der Waals surface area contributed by atoms with Crippen molar-refractivity contribution in [3.63, 3.8) is 0 Å². The van der Waals surface area contributed by atoms with E-state index in [1.54, 1.807) is 7.05 Å². The van der Waals surface area contributed by atoms with Gasteiger partial charge in [-0.2, -0.15) is 0 Å². The highest BCUT2D eigenvalue weighted by Crippen LogP contribution is 2.20. The van der Waals surface area contributed by atoms with Gasteiger partial charge in [0.2, 0.25) is 0 Å². The van der Waals surface area contributed by atoms with Gasteiger partial charge in [0.25, 0.3) is 5.91 Å². The maximum atomic E-state index is 13.3. The van der Waals surface area contributed by atoms with Crippen LogP contribution in [0.4, 0.5) is 15.9 Å². The van der Waals surface area contributed by atoms with Crippen LogP contribution in [-0.4, -0.2) is 17.9 Å². The van der Waals surface area contributed by atoms with Crippen LogP contribution < -0.4 is 10.6 Å². The molecule has 0 unspecified atom stereocenters. The van der Waals surface area contributed by atoms with Crippen LogP contribution in [0.2, 0.25) is 0 Å². The number of hydrogen-bond acceptors (Lipinski definition) is 3. The van der Waals surface area contributed by atoms with Crippen molar-refractivity contribution >= 4 is 17.4 Å². The lowest BCUT2D eigenvalue weighted by Crippen LogP contribution is -2.16. The molecule has 0 atom stereocenters. The van der Waals surface area contributed by atoms with E-state index in [4.69, 9.17) is 0 Å². The molecule has 0 aliphatic carbocycles. The Balaban J connectivity index is 2.28. The van der Waals surface area contributed by atoms with Crippen LogP contribution >= 0.6 is 0 Å². The fraction of sp³-hybridized carbons (Fsp3) is 0.250. The summed E-state index contributed by atoms with van der Waals surface area (Å²) in [5.41, 5.74) is 1.99. The van der Waals surface area contributed by atoms with Crippen molar-refractivity contribution in [3.8, 4) is 0 Å². The molecule has 0 aliphatic rings. The van der Waals surface area contributed by atoms with Crippen LogP contribution in [-0.2, 0) is 6.42 Å². The summed E-state index contributed by atoms with van der Waals surface area (Å²) < 4.78 is 13.3. The maximum Gasteiger partial charge on any atom is 0.259 e. The van der Waals surface area contributed by atoms with Crippen molar-refractivity contribution in [3.05, 3.63) is 53.5 Å². The van der Waals surface area contributed by atoms with Crippen LogP contribution in [0.3, 0.4) is 0 Å². The van der Waals surface area contributed by atoms with Gasteiger partial charge in [0, 0.05) is 12.7 Å². The molecule has 110 valence electrons. The lowest BCUT2D eigenvalue weighted by molar-refractivity contribution is 0.102. The number of carbonyl (C=O) groups is 1. The molecule has 0 saturated carbocycles. The Morgan fingerprint density at radius 2 is 2.10 bits per heavy atom. The van der Waals surface area contributed by atoms with Gasteiger partial charge in [-0.25, -0.2) is 9.37 Å². The number of benzene rings is 1. The minimum absolute atomic E-state index is 0.184. The van der Waals surface area contributed by atoms with Crippen molar-refractivity contribution in [2.75, 3.05) is 17.7 Å². The van der Waals surface area contributed by atoms with E-state index < -0.39 is 5.82 Å². The first-order valence-corrected chi connectivity index (χ1v) is 6.88. The summed E-state index contributed by atoms with van der Waals surface area (Å²) in [5, 5.41) is 5.62. The summed E-state index contributed by atoms with van der Waals surface area (Å²) in [5.74, 6) is -0.572. The molecular formula is C16H18FN3O. The minimum Gasteiger partial charge on any atom is -0.372 e. The number of pyridine rings is 1. The van der Waals surface area contributed by atoms with Gasteiger partial charge in [-0.15, -0.1) is 0 Å². The second-order valence-corrected chi connectivity index (χ2v) is 4.66. The molecule has 0 aliphatic heterocycles.